The Labute approximate surface area is 233 Å². The number of H-pyrrole nitrogens is 2. The fourth-order valence-electron chi connectivity index (χ4n) is 5.68. The second kappa shape index (κ2) is 9.37. The number of aromatic nitrogens is 8. The van der Waals surface area contributed by atoms with E-state index < -0.39 is 17.1 Å². The van der Waals surface area contributed by atoms with Crippen LogP contribution in [0.2, 0.25) is 0 Å². The maximum Gasteiger partial charge on any atom is 0.437 e. The van der Waals surface area contributed by atoms with Gasteiger partial charge in [0.05, 0.1) is 47.8 Å². The summed E-state index contributed by atoms with van der Waals surface area (Å²) in [5.41, 5.74) is 3.64. The Hall–Kier alpha value is -4.84. The summed E-state index contributed by atoms with van der Waals surface area (Å²) in [5, 5.41) is 14.1. The second-order valence-corrected chi connectivity index (χ2v) is 10.5. The molecule has 41 heavy (non-hydrogen) atoms. The smallest absolute Gasteiger partial charge is 0.389 e. The Morgan fingerprint density at radius 3 is 2.71 bits per heavy atom. The Balaban J connectivity index is 1.46. The molecule has 0 amide bonds. The normalized spacial score (nSPS) is 18.8. The van der Waals surface area contributed by atoms with Crippen molar-refractivity contribution in [3.63, 3.8) is 0 Å². The number of aromatic amines is 2. The third-order valence-corrected chi connectivity index (χ3v) is 7.69. The zero-order valence-electron chi connectivity index (χ0n) is 22.7. The average Bonchev–Trinajstić information content (AvgIpc) is 3.78. The van der Waals surface area contributed by atoms with Crippen LogP contribution >= 0.6 is 0 Å². The summed E-state index contributed by atoms with van der Waals surface area (Å²) in [6, 6.07) is 10.5. The predicted molar refractivity (Wildman–Crippen MR) is 149 cm³/mol. The number of nitrogens with one attached hydrogen (secondary N) is 3. The fraction of sp³-hybridized carbons (Fsp3) is 0.276. The minimum absolute atomic E-state index is 0.201. The van der Waals surface area contributed by atoms with Gasteiger partial charge in [0, 0.05) is 29.2 Å². The van der Waals surface area contributed by atoms with Gasteiger partial charge in [0.25, 0.3) is 0 Å². The molecule has 0 spiro atoms. The first-order valence-corrected chi connectivity index (χ1v) is 13.5. The van der Waals surface area contributed by atoms with Crippen molar-refractivity contribution < 1.29 is 8.81 Å². The van der Waals surface area contributed by atoms with Gasteiger partial charge in [-0.1, -0.05) is 18.2 Å². The molecule has 0 unspecified atom stereocenters. The van der Waals surface area contributed by atoms with Crippen LogP contribution in [0.5, 0.6) is 0 Å². The molecule has 5 aromatic heterocycles. The van der Waals surface area contributed by atoms with E-state index in [1.807, 2.05) is 49.8 Å². The van der Waals surface area contributed by atoms with Gasteiger partial charge in [-0.2, -0.15) is 9.78 Å². The van der Waals surface area contributed by atoms with Crippen molar-refractivity contribution in [1.82, 2.24) is 44.8 Å². The summed E-state index contributed by atoms with van der Waals surface area (Å²) in [6.07, 6.45) is 7.17. The molecule has 12 heteroatoms. The molecule has 1 aliphatic heterocycles. The van der Waals surface area contributed by atoms with E-state index in [0.29, 0.717) is 30.2 Å². The first-order chi connectivity index (χ1) is 19.9. The molecule has 0 fully saturated rings. The molecule has 3 N–H and O–H groups in total. The molecule has 0 radical (unpaired) electrons. The minimum atomic E-state index is -1.19. The van der Waals surface area contributed by atoms with Gasteiger partial charge >= 0.3 is 5.76 Å². The molecule has 0 aliphatic carbocycles. The number of fused-ring (bicyclic) bond motifs is 3. The van der Waals surface area contributed by atoms with Gasteiger partial charge < -0.3 is 14.4 Å². The highest BCUT2D eigenvalue weighted by atomic mass is 19.1. The standard InChI is InChI=1S/C29H28FN9O2/c1-4-38-15-17(12-33-38)29(27-37-39(16(2)3)28(40)41-27)25-20(19-7-5-6-8-21(19)34-25)11-23(36-29)26-32-14-24(35-26)22-10-9-18(30)13-31-22/h5-10,12-16,23,34,36H,4,11H2,1-3H3,(H,32,35)/t23-,29-/m1/s1. The lowest BCUT2D eigenvalue weighted by Crippen LogP contribution is -2.51. The lowest BCUT2D eigenvalue weighted by molar-refractivity contribution is 0.284. The molecule has 208 valence electrons. The van der Waals surface area contributed by atoms with Crippen LogP contribution in [0.3, 0.4) is 0 Å². The quantitative estimate of drug-likeness (QED) is 0.281. The third kappa shape index (κ3) is 3.93. The summed E-state index contributed by atoms with van der Waals surface area (Å²) in [5.74, 6) is -0.0909. The van der Waals surface area contributed by atoms with Crippen molar-refractivity contribution in [3.05, 3.63) is 106 Å². The summed E-state index contributed by atoms with van der Waals surface area (Å²) < 4.78 is 22.6. The van der Waals surface area contributed by atoms with Gasteiger partial charge in [-0.25, -0.2) is 14.2 Å². The van der Waals surface area contributed by atoms with Gasteiger partial charge in [0.2, 0.25) is 5.89 Å². The number of benzene rings is 1. The second-order valence-electron chi connectivity index (χ2n) is 10.5. The van der Waals surface area contributed by atoms with Gasteiger partial charge in [-0.05, 0) is 51.0 Å². The highest BCUT2D eigenvalue weighted by molar-refractivity contribution is 5.86. The van der Waals surface area contributed by atoms with Gasteiger partial charge in [-0.15, -0.1) is 5.10 Å². The molecule has 0 saturated heterocycles. The van der Waals surface area contributed by atoms with Crippen LogP contribution < -0.4 is 11.1 Å². The largest absolute Gasteiger partial charge is 0.437 e. The SMILES string of the molecule is CCn1cc([C@@]2(c3nn(C(C)C)c(=O)o3)N[C@@H](c3ncc(-c4ccc(F)cn4)[nH]3)Cc3c2[nH]c2ccccc32)cn1. The van der Waals surface area contributed by atoms with Gasteiger partial charge in [0.15, 0.2) is 5.54 Å². The van der Waals surface area contributed by atoms with Crippen molar-refractivity contribution in [2.45, 2.75) is 51.4 Å². The van der Waals surface area contributed by atoms with Crippen molar-refractivity contribution in [2.24, 2.45) is 0 Å². The molecule has 6 aromatic rings. The van der Waals surface area contributed by atoms with Crippen LogP contribution in [0.1, 0.15) is 61.4 Å². The Kier molecular flexibility index (Phi) is 5.75. The van der Waals surface area contributed by atoms with Gasteiger partial charge in [0.1, 0.15) is 11.6 Å². The van der Waals surface area contributed by atoms with E-state index in [2.05, 4.69) is 31.4 Å². The van der Waals surface area contributed by atoms with Crippen LogP contribution in [-0.4, -0.2) is 39.5 Å². The number of hydrogen-bond donors (Lipinski definition) is 3. The van der Waals surface area contributed by atoms with Crippen LogP contribution in [0.25, 0.3) is 22.3 Å². The lowest BCUT2D eigenvalue weighted by Gasteiger charge is -2.38. The Morgan fingerprint density at radius 1 is 1.12 bits per heavy atom. The van der Waals surface area contributed by atoms with Crippen molar-refractivity contribution in [1.29, 1.82) is 0 Å². The predicted octanol–water partition coefficient (Wildman–Crippen LogP) is 4.22. The molecule has 11 nitrogen and oxygen atoms in total. The maximum absolute atomic E-state index is 13.5. The number of rotatable bonds is 6. The number of para-hydroxylation sites is 1. The number of imidazole rings is 1. The zero-order valence-corrected chi connectivity index (χ0v) is 22.7. The minimum Gasteiger partial charge on any atom is -0.389 e. The lowest BCUT2D eigenvalue weighted by atomic mass is 9.79. The molecule has 1 aromatic carbocycles. The van der Waals surface area contributed by atoms with Crippen LogP contribution in [-0.2, 0) is 18.5 Å². The van der Waals surface area contributed by atoms with Crippen LogP contribution in [0, 0.1) is 5.82 Å². The van der Waals surface area contributed by atoms with Crippen LogP contribution in [0.4, 0.5) is 4.39 Å². The summed E-state index contributed by atoms with van der Waals surface area (Å²) in [7, 11) is 0. The molecule has 2 atom stereocenters. The first kappa shape index (κ1) is 25.1. The Morgan fingerprint density at radius 2 is 1.98 bits per heavy atom. The highest BCUT2D eigenvalue weighted by Crippen LogP contribution is 2.45. The fourth-order valence-corrected chi connectivity index (χ4v) is 5.68. The highest BCUT2D eigenvalue weighted by Gasteiger charge is 2.51. The van der Waals surface area contributed by atoms with E-state index in [9.17, 15) is 9.18 Å². The molecule has 7 rings (SSSR count). The van der Waals surface area contributed by atoms with E-state index in [-0.39, 0.29) is 18.0 Å². The number of aryl methyl sites for hydroxylation is 1. The van der Waals surface area contributed by atoms with E-state index in [1.165, 1.54) is 16.9 Å². The average molecular weight is 554 g/mol. The summed E-state index contributed by atoms with van der Waals surface area (Å²) in [6.45, 7) is 6.44. The van der Waals surface area contributed by atoms with Crippen molar-refractivity contribution in [3.8, 4) is 11.4 Å². The number of hydrogen-bond acceptors (Lipinski definition) is 7. The Bertz CT molecular complexity index is 1930. The molecule has 0 bridgehead atoms. The number of nitrogens with zero attached hydrogens (tertiary/aromatic N) is 6. The summed E-state index contributed by atoms with van der Waals surface area (Å²) in [4.78, 5) is 28.9. The van der Waals surface area contributed by atoms with Gasteiger partial charge in [-0.3, -0.25) is 15.0 Å². The topological polar surface area (TPSA) is 135 Å². The zero-order chi connectivity index (χ0) is 28.3. The molecule has 1 aliphatic rings. The van der Waals surface area contributed by atoms with E-state index >= 15 is 0 Å². The number of halogens is 1. The monoisotopic (exact) mass is 553 g/mol. The molecular formula is C29H28FN9O2. The third-order valence-electron chi connectivity index (χ3n) is 7.69. The first-order valence-electron chi connectivity index (χ1n) is 13.5. The van der Waals surface area contributed by atoms with Crippen molar-refractivity contribution in [2.75, 3.05) is 0 Å². The van der Waals surface area contributed by atoms with E-state index in [1.54, 1.807) is 18.5 Å². The molecular weight excluding hydrogens is 525 g/mol. The summed E-state index contributed by atoms with van der Waals surface area (Å²) >= 11 is 0. The van der Waals surface area contributed by atoms with Crippen LogP contribution in [0.15, 0.2) is 70.4 Å². The van der Waals surface area contributed by atoms with E-state index in [0.717, 1.165) is 27.7 Å². The van der Waals surface area contributed by atoms with Crippen molar-refractivity contribution >= 4 is 10.9 Å². The maximum atomic E-state index is 13.5. The number of pyridine rings is 1. The van der Waals surface area contributed by atoms with E-state index in [4.69, 9.17) is 14.5 Å². The molecule has 0 saturated carbocycles. The molecule has 6 heterocycles.